The van der Waals surface area contributed by atoms with Gasteiger partial charge in [0.2, 0.25) is 11.4 Å². The Hall–Kier alpha value is -7.40. The van der Waals surface area contributed by atoms with E-state index >= 15 is 0 Å². The van der Waals surface area contributed by atoms with Gasteiger partial charge in [-0.2, -0.15) is 0 Å². The topological polar surface area (TPSA) is 33.1 Å². The summed E-state index contributed by atoms with van der Waals surface area (Å²) in [6.07, 6.45) is 1.93. The van der Waals surface area contributed by atoms with Gasteiger partial charge in [-0.05, 0) is 141 Å². The van der Waals surface area contributed by atoms with Crippen LogP contribution < -0.4 is 13.9 Å². The predicted molar refractivity (Wildman–Crippen MR) is 310 cm³/mol. The highest BCUT2D eigenvalue weighted by molar-refractivity contribution is 6.11. The highest BCUT2D eigenvalue weighted by Crippen LogP contribution is 2.46. The number of fused-ring (bicyclic) bond motifs is 4. The summed E-state index contributed by atoms with van der Waals surface area (Å²) in [6.45, 7) is 34.1. The van der Waals surface area contributed by atoms with Crippen LogP contribution in [0.25, 0.3) is 49.9 Å². The SMILES string of the molecule is CC(C)(C)c1cc(-c2ccc3c(c2)c2ccc(Oc4cccc([N+]5=C=[N+](c6cc(C(C)(C)C)cc(C(C)(C)C)c6)c6c(-c7ccc(F)cc7)cccc65)c4)cc2n3-c2cc(C(C)(C)C)ccn2)cc(C(C)(C)C)c1. The molecule has 10 rings (SSSR count). The number of halogens is 1. The fourth-order valence-corrected chi connectivity index (χ4v) is 9.98. The quantitative estimate of drug-likeness (QED) is 0.149. The average Bonchev–Trinajstić information content (AvgIpc) is 3.89. The summed E-state index contributed by atoms with van der Waals surface area (Å²) in [4.78, 5) is 5.02. The second-order valence-electron chi connectivity index (χ2n) is 25.5. The molecule has 2 aromatic heterocycles. The van der Waals surface area contributed by atoms with Crippen molar-refractivity contribution < 1.29 is 9.13 Å². The molecule has 0 spiro atoms. The number of benzene rings is 7. The third-order valence-corrected chi connectivity index (χ3v) is 14.6. The normalized spacial score (nSPS) is 13.4. The molecule has 1 aliphatic heterocycles. The van der Waals surface area contributed by atoms with Gasteiger partial charge >= 0.3 is 11.7 Å². The predicted octanol–water partition coefficient (Wildman–Crippen LogP) is 18.8. The van der Waals surface area contributed by atoms with Gasteiger partial charge < -0.3 is 4.74 Å². The second kappa shape index (κ2) is 17.9. The molecule has 0 bridgehead atoms. The Kier molecular flexibility index (Phi) is 12.1. The molecule has 1 aliphatic rings. The van der Waals surface area contributed by atoms with E-state index in [2.05, 4.69) is 239 Å². The van der Waals surface area contributed by atoms with Crippen LogP contribution in [-0.2, 0) is 27.1 Å². The average molecular weight is 979 g/mol. The van der Waals surface area contributed by atoms with Crippen molar-refractivity contribution in [2.75, 3.05) is 0 Å². The summed E-state index contributed by atoms with van der Waals surface area (Å²) in [5.41, 5.74) is 16.3. The first-order valence-corrected chi connectivity index (χ1v) is 26.1. The maximum absolute atomic E-state index is 14.4. The summed E-state index contributed by atoms with van der Waals surface area (Å²) in [5, 5.41) is 2.27. The van der Waals surface area contributed by atoms with Gasteiger partial charge in [-0.15, -0.1) is 0 Å². The molecule has 0 saturated heterocycles. The molecule has 0 aliphatic carbocycles. The second-order valence-corrected chi connectivity index (χ2v) is 25.5. The summed E-state index contributed by atoms with van der Waals surface area (Å²) in [5.74, 6) is 1.99. The summed E-state index contributed by atoms with van der Waals surface area (Å²) >= 11 is 0. The van der Waals surface area contributed by atoms with Gasteiger partial charge in [-0.1, -0.05) is 158 Å². The largest absolute Gasteiger partial charge is 0.503 e. The number of hydrogen-bond acceptors (Lipinski definition) is 2. The van der Waals surface area contributed by atoms with Crippen molar-refractivity contribution in [3.8, 4) is 39.6 Å². The summed E-state index contributed by atoms with van der Waals surface area (Å²) < 4.78 is 27.9. The van der Waals surface area contributed by atoms with Crippen molar-refractivity contribution in [2.45, 2.75) is 131 Å². The number of rotatable bonds is 7. The van der Waals surface area contributed by atoms with Gasteiger partial charge in [-0.3, -0.25) is 4.57 Å². The molecule has 5 nitrogen and oxygen atoms in total. The number of nitrogens with zero attached hydrogens (tertiary/aromatic N) is 4. The molecule has 0 radical (unpaired) electrons. The lowest BCUT2D eigenvalue weighted by Crippen LogP contribution is -2.17. The van der Waals surface area contributed by atoms with Crippen LogP contribution >= 0.6 is 0 Å². The van der Waals surface area contributed by atoms with Gasteiger partial charge in [0.1, 0.15) is 23.1 Å². The molecule has 0 N–H and O–H groups in total. The summed E-state index contributed by atoms with van der Waals surface area (Å²) in [6, 6.07) is 56.8. The van der Waals surface area contributed by atoms with Crippen LogP contribution in [0.3, 0.4) is 0 Å². The van der Waals surface area contributed by atoms with Gasteiger partial charge in [0.25, 0.3) is 5.69 Å². The molecule has 74 heavy (non-hydrogen) atoms. The van der Waals surface area contributed by atoms with Crippen molar-refractivity contribution in [2.24, 2.45) is 0 Å². The van der Waals surface area contributed by atoms with Gasteiger partial charge in [0.05, 0.1) is 22.7 Å². The van der Waals surface area contributed by atoms with Crippen LogP contribution in [0.4, 0.5) is 27.1 Å². The lowest BCUT2D eigenvalue weighted by molar-refractivity contribution is 0.483. The molecular formula is C68H71FN4O+2. The van der Waals surface area contributed by atoms with E-state index in [-0.39, 0.29) is 32.9 Å². The van der Waals surface area contributed by atoms with Crippen LogP contribution in [0.15, 0.2) is 158 Å². The van der Waals surface area contributed by atoms with E-state index in [0.717, 1.165) is 61.5 Å². The van der Waals surface area contributed by atoms with Crippen LogP contribution in [-0.4, -0.2) is 15.6 Å². The van der Waals surface area contributed by atoms with Crippen LogP contribution in [0.2, 0.25) is 0 Å². The fourth-order valence-electron chi connectivity index (χ4n) is 9.98. The molecule has 7 aromatic carbocycles. The number of ether oxygens (including phenoxy) is 1. The maximum Gasteiger partial charge on any atom is 0.503 e. The Balaban J connectivity index is 1.12. The van der Waals surface area contributed by atoms with Crippen LogP contribution in [0.1, 0.15) is 132 Å². The van der Waals surface area contributed by atoms with Crippen LogP contribution in [0.5, 0.6) is 11.5 Å². The Morgan fingerprint density at radius 3 is 1.65 bits per heavy atom. The van der Waals surface area contributed by atoms with Crippen molar-refractivity contribution in [1.82, 2.24) is 18.7 Å². The first-order valence-electron chi connectivity index (χ1n) is 26.1. The number of pyridine rings is 1. The van der Waals surface area contributed by atoms with Crippen LogP contribution in [0, 0.1) is 5.82 Å². The number of aromatic nitrogens is 2. The van der Waals surface area contributed by atoms with Gasteiger partial charge in [0, 0.05) is 47.3 Å². The molecule has 0 atom stereocenters. The molecule has 374 valence electrons. The third kappa shape index (κ3) is 9.64. The van der Waals surface area contributed by atoms with E-state index in [9.17, 15) is 4.39 Å². The maximum atomic E-state index is 14.4. The minimum atomic E-state index is -0.267. The Morgan fingerprint density at radius 1 is 0.446 bits per heavy atom. The lowest BCUT2D eigenvalue weighted by Gasteiger charge is -2.26. The fraction of sp³-hybridized carbons (Fsp3) is 0.294. The van der Waals surface area contributed by atoms with Crippen molar-refractivity contribution >= 4 is 50.6 Å². The Bertz CT molecular complexity index is 3690. The lowest BCUT2D eigenvalue weighted by atomic mass is 9.79. The summed E-state index contributed by atoms with van der Waals surface area (Å²) in [7, 11) is 0. The zero-order valence-electron chi connectivity index (χ0n) is 46.1. The molecule has 6 heteroatoms. The first-order chi connectivity index (χ1) is 34.7. The van der Waals surface area contributed by atoms with E-state index < -0.39 is 0 Å². The van der Waals surface area contributed by atoms with Gasteiger partial charge in [-0.25, -0.2) is 9.37 Å². The van der Waals surface area contributed by atoms with E-state index in [1.807, 2.05) is 30.5 Å². The Labute approximate surface area is 438 Å². The first kappa shape index (κ1) is 50.1. The molecule has 0 fully saturated rings. The molecule has 3 heterocycles. The van der Waals surface area contributed by atoms with Crippen molar-refractivity contribution in [1.29, 1.82) is 0 Å². The molecule has 9 aromatic rings. The number of hydrogen-bond donors (Lipinski definition) is 0. The van der Waals surface area contributed by atoms with E-state index in [4.69, 9.17) is 9.72 Å². The minimum absolute atomic E-state index is 0.00451. The van der Waals surface area contributed by atoms with Crippen molar-refractivity contribution in [3.05, 3.63) is 191 Å². The Morgan fingerprint density at radius 2 is 1.03 bits per heavy atom. The monoisotopic (exact) mass is 979 g/mol. The smallest absolute Gasteiger partial charge is 0.457 e. The number of para-hydroxylation sites is 1. The third-order valence-electron chi connectivity index (χ3n) is 14.6. The zero-order valence-corrected chi connectivity index (χ0v) is 46.1. The molecule has 0 unspecified atom stereocenters. The minimum Gasteiger partial charge on any atom is -0.457 e. The highest BCUT2D eigenvalue weighted by atomic mass is 19.1. The van der Waals surface area contributed by atoms with E-state index in [1.54, 1.807) is 0 Å². The van der Waals surface area contributed by atoms with Gasteiger partial charge in [0.15, 0.2) is 0 Å². The molecule has 0 saturated carbocycles. The van der Waals surface area contributed by atoms with E-state index in [1.165, 1.54) is 51.1 Å². The zero-order chi connectivity index (χ0) is 52.9. The van der Waals surface area contributed by atoms with E-state index in [0.29, 0.717) is 11.5 Å². The molecule has 0 amide bonds. The van der Waals surface area contributed by atoms with Crippen molar-refractivity contribution in [3.63, 3.8) is 0 Å². The standard InChI is InChI=1S/C68H71FN4O/c1-64(2,3)46-30-31-70-62(39-46)73-59-29-24-44(45-32-47(65(4,5)6)35-48(33-45)66(7,8)9)34-58(59)57-28-27-55(41-61(57)73)74-54-19-16-18-52(40-54)71-42-72(53-37-49(67(10,11)12)36-50(38-53)68(13,14)15)63-56(20-17-21-60(63)71)43-22-25-51(69)26-23-43/h16-41H,1-15H3/q+2. The molecular weight excluding hydrogens is 908 g/mol. The highest BCUT2D eigenvalue weighted by Gasteiger charge is 2.40.